The molecule has 15 heavy (non-hydrogen) atoms. The Balaban J connectivity index is 1.65. The zero-order valence-corrected chi connectivity index (χ0v) is 11.0. The van der Waals surface area contributed by atoms with Crippen molar-refractivity contribution in [3.05, 3.63) is 21.5 Å². The maximum atomic E-state index is 5.32. The summed E-state index contributed by atoms with van der Waals surface area (Å²) in [5.74, 6) is 0. The number of hydrogen-bond acceptors (Lipinski definition) is 2. The van der Waals surface area contributed by atoms with E-state index in [0.717, 1.165) is 32.7 Å². The molecule has 1 saturated heterocycles. The summed E-state index contributed by atoms with van der Waals surface area (Å²) < 4.78 is 6.62. The van der Waals surface area contributed by atoms with Gasteiger partial charge in [-0.05, 0) is 48.0 Å². The molecule has 0 aliphatic carbocycles. The number of aromatic amines is 1. The van der Waals surface area contributed by atoms with Gasteiger partial charge in [0.05, 0.1) is 13.2 Å². The van der Waals surface area contributed by atoms with Crippen LogP contribution in [-0.4, -0.2) is 42.7 Å². The number of aromatic nitrogens is 1. The third-order valence-electron chi connectivity index (χ3n) is 2.73. The fourth-order valence-corrected chi connectivity index (χ4v) is 2.41. The average Bonchev–Trinajstić information content (AvgIpc) is 2.66. The molecule has 0 atom stereocenters. The maximum Gasteiger partial charge on any atom is 0.0594 e. The van der Waals surface area contributed by atoms with Gasteiger partial charge in [0.15, 0.2) is 0 Å². The van der Waals surface area contributed by atoms with E-state index in [1.807, 2.05) is 0 Å². The summed E-state index contributed by atoms with van der Waals surface area (Å²) in [7, 11) is 0. The molecule has 0 radical (unpaired) electrons. The van der Waals surface area contributed by atoms with Crippen molar-refractivity contribution in [3.8, 4) is 0 Å². The predicted molar refractivity (Wildman–Crippen MR) is 69.1 cm³/mol. The number of halogens is 1. The largest absolute Gasteiger partial charge is 0.379 e. The number of nitrogens with one attached hydrogen (secondary N) is 1. The van der Waals surface area contributed by atoms with Crippen molar-refractivity contribution in [1.82, 2.24) is 9.88 Å². The van der Waals surface area contributed by atoms with Crippen molar-refractivity contribution < 1.29 is 4.74 Å². The smallest absolute Gasteiger partial charge is 0.0594 e. The maximum absolute atomic E-state index is 5.32. The SMILES string of the molecule is Ic1c[nH]c(CCCN2CCOCC2)c1. The van der Waals surface area contributed by atoms with Crippen LogP contribution in [0.15, 0.2) is 12.3 Å². The second kappa shape index (κ2) is 5.86. The molecule has 0 spiro atoms. The van der Waals surface area contributed by atoms with Crippen LogP contribution in [0.4, 0.5) is 0 Å². The highest BCUT2D eigenvalue weighted by molar-refractivity contribution is 14.1. The third-order valence-corrected chi connectivity index (χ3v) is 3.35. The average molecular weight is 320 g/mol. The van der Waals surface area contributed by atoms with E-state index in [-0.39, 0.29) is 0 Å². The first kappa shape index (κ1) is 11.4. The van der Waals surface area contributed by atoms with Crippen LogP contribution in [-0.2, 0) is 11.2 Å². The highest BCUT2D eigenvalue weighted by atomic mass is 127. The highest BCUT2D eigenvalue weighted by Crippen LogP contribution is 2.08. The van der Waals surface area contributed by atoms with Gasteiger partial charge in [-0.3, -0.25) is 4.90 Å². The van der Waals surface area contributed by atoms with Gasteiger partial charge >= 0.3 is 0 Å². The van der Waals surface area contributed by atoms with Gasteiger partial charge in [-0.25, -0.2) is 0 Å². The molecule has 84 valence electrons. The zero-order valence-electron chi connectivity index (χ0n) is 8.84. The second-order valence-corrected chi connectivity index (χ2v) is 5.15. The Bertz CT molecular complexity index is 295. The van der Waals surface area contributed by atoms with Crippen molar-refractivity contribution in [2.24, 2.45) is 0 Å². The summed E-state index contributed by atoms with van der Waals surface area (Å²) in [4.78, 5) is 5.78. The molecule has 1 fully saturated rings. The predicted octanol–water partition coefficient (Wildman–Crippen LogP) is 1.88. The number of aryl methyl sites for hydroxylation is 1. The minimum atomic E-state index is 0.903. The van der Waals surface area contributed by atoms with Crippen molar-refractivity contribution in [3.63, 3.8) is 0 Å². The molecule has 2 heterocycles. The Morgan fingerprint density at radius 3 is 2.87 bits per heavy atom. The lowest BCUT2D eigenvalue weighted by molar-refractivity contribution is 0.0374. The fourth-order valence-electron chi connectivity index (χ4n) is 1.87. The van der Waals surface area contributed by atoms with E-state index in [4.69, 9.17) is 4.74 Å². The van der Waals surface area contributed by atoms with Crippen molar-refractivity contribution in [2.75, 3.05) is 32.8 Å². The van der Waals surface area contributed by atoms with Crippen molar-refractivity contribution >= 4 is 22.6 Å². The van der Waals surface area contributed by atoms with Crippen molar-refractivity contribution in [2.45, 2.75) is 12.8 Å². The van der Waals surface area contributed by atoms with Crippen LogP contribution >= 0.6 is 22.6 Å². The Labute approximate surface area is 104 Å². The zero-order chi connectivity index (χ0) is 10.5. The van der Waals surface area contributed by atoms with Gasteiger partial charge in [0, 0.05) is 28.6 Å². The number of ether oxygens (including phenoxy) is 1. The highest BCUT2D eigenvalue weighted by Gasteiger charge is 2.09. The Morgan fingerprint density at radius 1 is 1.40 bits per heavy atom. The Kier molecular flexibility index (Phi) is 4.46. The van der Waals surface area contributed by atoms with E-state index in [1.165, 1.54) is 22.2 Å². The molecule has 1 N–H and O–H groups in total. The minimum Gasteiger partial charge on any atom is -0.379 e. The lowest BCUT2D eigenvalue weighted by Gasteiger charge is -2.26. The van der Waals surface area contributed by atoms with E-state index >= 15 is 0 Å². The Morgan fingerprint density at radius 2 is 2.20 bits per heavy atom. The molecule has 1 aromatic rings. The van der Waals surface area contributed by atoms with Crippen LogP contribution in [0.2, 0.25) is 0 Å². The molecular weight excluding hydrogens is 303 g/mol. The second-order valence-electron chi connectivity index (χ2n) is 3.90. The fraction of sp³-hybridized carbons (Fsp3) is 0.636. The van der Waals surface area contributed by atoms with Gasteiger partial charge in [-0.15, -0.1) is 0 Å². The molecule has 1 aliphatic heterocycles. The summed E-state index contributed by atoms with van der Waals surface area (Å²) in [6.45, 7) is 5.20. The summed E-state index contributed by atoms with van der Waals surface area (Å²) in [6.07, 6.45) is 4.45. The van der Waals surface area contributed by atoms with E-state index in [1.54, 1.807) is 0 Å². The molecule has 4 heteroatoms. The van der Waals surface area contributed by atoms with Crippen LogP contribution in [0.25, 0.3) is 0 Å². The molecular formula is C11H17IN2O. The van der Waals surface area contributed by atoms with Crippen LogP contribution in [0.5, 0.6) is 0 Å². The van der Waals surface area contributed by atoms with Crippen LogP contribution in [0.1, 0.15) is 12.1 Å². The minimum absolute atomic E-state index is 0.903. The molecule has 2 rings (SSSR count). The summed E-state index contributed by atoms with van der Waals surface area (Å²) >= 11 is 2.34. The topological polar surface area (TPSA) is 28.3 Å². The van der Waals surface area contributed by atoms with Gasteiger partial charge in [-0.2, -0.15) is 0 Å². The molecule has 1 aromatic heterocycles. The van der Waals surface area contributed by atoms with Gasteiger partial charge in [-0.1, -0.05) is 0 Å². The van der Waals surface area contributed by atoms with Gasteiger partial charge in [0.2, 0.25) is 0 Å². The first-order valence-corrected chi connectivity index (χ1v) is 6.55. The standard InChI is InChI=1S/C11H17IN2O/c12-10-8-11(13-9-10)2-1-3-14-4-6-15-7-5-14/h8-9,13H,1-7H2. The van der Waals surface area contributed by atoms with E-state index in [9.17, 15) is 0 Å². The summed E-state index contributed by atoms with van der Waals surface area (Å²) in [5, 5.41) is 0. The number of hydrogen-bond donors (Lipinski definition) is 1. The van der Waals surface area contributed by atoms with E-state index < -0.39 is 0 Å². The summed E-state index contributed by atoms with van der Waals surface area (Å²) in [5.41, 5.74) is 1.35. The first-order chi connectivity index (χ1) is 7.34. The van der Waals surface area contributed by atoms with Crippen LogP contribution in [0.3, 0.4) is 0 Å². The molecule has 0 aromatic carbocycles. The monoisotopic (exact) mass is 320 g/mol. The van der Waals surface area contributed by atoms with Gasteiger partial charge < -0.3 is 9.72 Å². The van der Waals surface area contributed by atoms with Crippen LogP contribution < -0.4 is 0 Å². The number of morpholine rings is 1. The molecule has 0 saturated carbocycles. The third kappa shape index (κ3) is 3.77. The van der Waals surface area contributed by atoms with Gasteiger partial charge in [0.25, 0.3) is 0 Å². The van der Waals surface area contributed by atoms with Crippen molar-refractivity contribution in [1.29, 1.82) is 0 Å². The molecule has 0 unspecified atom stereocenters. The molecule has 1 aliphatic rings. The lowest BCUT2D eigenvalue weighted by Crippen LogP contribution is -2.36. The summed E-state index contributed by atoms with van der Waals surface area (Å²) in [6, 6.07) is 2.22. The molecule has 0 amide bonds. The van der Waals surface area contributed by atoms with Crippen LogP contribution in [0, 0.1) is 3.57 Å². The Hall–Kier alpha value is -0.0700. The molecule has 3 nitrogen and oxygen atoms in total. The number of H-pyrrole nitrogens is 1. The molecule has 0 bridgehead atoms. The number of nitrogens with zero attached hydrogens (tertiary/aromatic N) is 1. The van der Waals surface area contributed by atoms with Gasteiger partial charge in [0.1, 0.15) is 0 Å². The first-order valence-electron chi connectivity index (χ1n) is 5.47. The quantitative estimate of drug-likeness (QED) is 0.858. The lowest BCUT2D eigenvalue weighted by atomic mass is 10.2. The normalized spacial score (nSPS) is 18.2. The van der Waals surface area contributed by atoms with E-state index in [0.29, 0.717) is 0 Å². The van der Waals surface area contributed by atoms with E-state index in [2.05, 4.69) is 44.7 Å². The number of rotatable bonds is 4.